The number of rotatable bonds is 4. The predicted octanol–water partition coefficient (Wildman–Crippen LogP) is 1.40. The van der Waals surface area contributed by atoms with Crippen molar-refractivity contribution >= 4 is 0 Å². The minimum atomic E-state index is -0.545. The zero-order chi connectivity index (χ0) is 12.9. The molecule has 17 heavy (non-hydrogen) atoms. The van der Waals surface area contributed by atoms with Crippen LogP contribution < -0.4 is 5.32 Å². The van der Waals surface area contributed by atoms with Crippen LogP contribution in [0.4, 0.5) is 0 Å². The van der Waals surface area contributed by atoms with E-state index in [0.717, 1.165) is 5.57 Å². The highest BCUT2D eigenvalue weighted by Gasteiger charge is 2.23. The van der Waals surface area contributed by atoms with Gasteiger partial charge in [0.1, 0.15) is 0 Å². The summed E-state index contributed by atoms with van der Waals surface area (Å²) < 4.78 is 0. The number of aliphatic hydroxyl groups is 2. The molecule has 0 heterocycles. The molecule has 0 fully saturated rings. The molecular weight excluding hydrogens is 214 g/mol. The van der Waals surface area contributed by atoms with E-state index in [1.165, 1.54) is 0 Å². The third kappa shape index (κ3) is 4.46. The van der Waals surface area contributed by atoms with Gasteiger partial charge in [-0.3, -0.25) is 0 Å². The van der Waals surface area contributed by atoms with Gasteiger partial charge in [-0.25, -0.2) is 0 Å². The lowest BCUT2D eigenvalue weighted by Crippen LogP contribution is -2.44. The van der Waals surface area contributed by atoms with Gasteiger partial charge in [0.25, 0.3) is 0 Å². The summed E-state index contributed by atoms with van der Waals surface area (Å²) in [6.45, 7) is 6.92. The molecule has 0 saturated carbocycles. The van der Waals surface area contributed by atoms with Crippen LogP contribution in [0.1, 0.15) is 20.8 Å². The number of allylic oxidation sites excluding steroid dienone is 4. The summed E-state index contributed by atoms with van der Waals surface area (Å²) in [6.07, 6.45) is 8.76. The average molecular weight is 237 g/mol. The van der Waals surface area contributed by atoms with Gasteiger partial charge in [-0.2, -0.15) is 0 Å². The minimum Gasteiger partial charge on any atom is -0.395 e. The van der Waals surface area contributed by atoms with E-state index in [0.29, 0.717) is 6.54 Å². The van der Waals surface area contributed by atoms with Crippen LogP contribution in [0.15, 0.2) is 36.0 Å². The van der Waals surface area contributed by atoms with E-state index in [2.05, 4.69) is 26.1 Å². The van der Waals surface area contributed by atoms with Crippen molar-refractivity contribution in [1.29, 1.82) is 0 Å². The fraction of sp³-hybridized carbons (Fsp3) is 0.571. The van der Waals surface area contributed by atoms with E-state index in [1.807, 2.05) is 24.3 Å². The molecule has 0 radical (unpaired) electrons. The normalized spacial score (nSPS) is 22.2. The molecule has 0 spiro atoms. The highest BCUT2D eigenvalue weighted by molar-refractivity contribution is 5.28. The van der Waals surface area contributed by atoms with Gasteiger partial charge in [0.2, 0.25) is 0 Å². The number of aliphatic hydroxyl groups excluding tert-OH is 2. The van der Waals surface area contributed by atoms with Crippen LogP contribution in [-0.4, -0.2) is 35.5 Å². The molecule has 0 aromatic rings. The van der Waals surface area contributed by atoms with Crippen LogP contribution in [0.2, 0.25) is 0 Å². The molecular formula is C14H23NO2. The first-order valence-corrected chi connectivity index (χ1v) is 6.01. The van der Waals surface area contributed by atoms with Gasteiger partial charge >= 0.3 is 0 Å². The van der Waals surface area contributed by atoms with Gasteiger partial charge in [0.05, 0.1) is 12.7 Å². The summed E-state index contributed by atoms with van der Waals surface area (Å²) in [5.41, 5.74) is 0.911. The van der Waals surface area contributed by atoms with Crippen LogP contribution in [0.3, 0.4) is 0 Å². The topological polar surface area (TPSA) is 52.5 Å². The average Bonchev–Trinajstić information content (AvgIpc) is 2.43. The summed E-state index contributed by atoms with van der Waals surface area (Å²) in [6, 6.07) is 0.0202. The molecule has 0 bridgehead atoms. The second-order valence-corrected chi connectivity index (χ2v) is 5.44. The van der Waals surface area contributed by atoms with Crippen LogP contribution in [0, 0.1) is 5.41 Å². The van der Waals surface area contributed by atoms with Crippen molar-refractivity contribution < 1.29 is 10.2 Å². The van der Waals surface area contributed by atoms with E-state index >= 15 is 0 Å². The zero-order valence-electron chi connectivity index (χ0n) is 10.9. The van der Waals surface area contributed by atoms with Crippen molar-refractivity contribution in [1.82, 2.24) is 5.32 Å². The Labute approximate surface area is 104 Å². The van der Waals surface area contributed by atoms with E-state index < -0.39 is 6.10 Å². The summed E-state index contributed by atoms with van der Waals surface area (Å²) >= 11 is 0. The molecule has 0 aliphatic heterocycles. The molecule has 96 valence electrons. The first-order chi connectivity index (χ1) is 7.95. The smallest absolute Gasteiger partial charge is 0.0950 e. The second kappa shape index (κ2) is 6.15. The summed E-state index contributed by atoms with van der Waals surface area (Å²) in [4.78, 5) is 0. The molecule has 2 atom stereocenters. The summed E-state index contributed by atoms with van der Waals surface area (Å²) in [5, 5.41) is 22.5. The molecule has 0 saturated heterocycles. The Balaban J connectivity index is 2.58. The lowest BCUT2D eigenvalue weighted by molar-refractivity contribution is 0.159. The second-order valence-electron chi connectivity index (χ2n) is 5.44. The molecule has 3 heteroatoms. The van der Waals surface area contributed by atoms with Gasteiger partial charge in [-0.05, 0) is 11.0 Å². The Morgan fingerprint density at radius 3 is 2.59 bits per heavy atom. The SMILES string of the molecule is CC(C)(C)C(CO)NCC1=CC=CC=CC1O. The highest BCUT2D eigenvalue weighted by atomic mass is 16.3. The lowest BCUT2D eigenvalue weighted by Gasteiger charge is -2.30. The summed E-state index contributed by atoms with van der Waals surface area (Å²) in [7, 11) is 0. The van der Waals surface area contributed by atoms with E-state index in [-0.39, 0.29) is 18.1 Å². The molecule has 1 rings (SSSR count). The van der Waals surface area contributed by atoms with Gasteiger partial charge in [-0.1, -0.05) is 51.2 Å². The third-order valence-corrected chi connectivity index (χ3v) is 2.99. The maximum absolute atomic E-state index is 9.84. The zero-order valence-corrected chi connectivity index (χ0v) is 10.9. The van der Waals surface area contributed by atoms with Crippen LogP contribution in [0.5, 0.6) is 0 Å². The first-order valence-electron chi connectivity index (χ1n) is 6.01. The van der Waals surface area contributed by atoms with Gasteiger partial charge in [0.15, 0.2) is 0 Å². The molecule has 1 aliphatic rings. The van der Waals surface area contributed by atoms with Crippen molar-refractivity contribution in [3.63, 3.8) is 0 Å². The molecule has 0 amide bonds. The molecule has 0 aromatic heterocycles. The molecule has 1 aliphatic carbocycles. The maximum atomic E-state index is 9.84. The van der Waals surface area contributed by atoms with Crippen molar-refractivity contribution in [2.45, 2.75) is 32.9 Å². The van der Waals surface area contributed by atoms with Crippen molar-refractivity contribution in [2.75, 3.05) is 13.2 Å². The van der Waals surface area contributed by atoms with Crippen molar-refractivity contribution in [3.8, 4) is 0 Å². The molecule has 3 N–H and O–H groups in total. The standard InChI is InChI=1S/C14H23NO2/c1-14(2,3)13(10-16)15-9-11-7-5-4-6-8-12(11)17/h4-8,12-13,15-17H,9-10H2,1-3H3. The van der Waals surface area contributed by atoms with Crippen molar-refractivity contribution in [2.24, 2.45) is 5.41 Å². The Bertz CT molecular complexity index is 324. The number of nitrogens with one attached hydrogen (secondary N) is 1. The molecule has 0 aromatic carbocycles. The largest absolute Gasteiger partial charge is 0.395 e. The van der Waals surface area contributed by atoms with Crippen molar-refractivity contribution in [3.05, 3.63) is 36.0 Å². The predicted molar refractivity (Wildman–Crippen MR) is 70.7 cm³/mol. The monoisotopic (exact) mass is 237 g/mol. The number of hydrogen-bond donors (Lipinski definition) is 3. The Kier molecular flexibility index (Phi) is 5.12. The number of hydrogen-bond acceptors (Lipinski definition) is 3. The van der Waals surface area contributed by atoms with E-state index in [9.17, 15) is 10.2 Å². The first kappa shape index (κ1) is 14.2. The fourth-order valence-corrected chi connectivity index (χ4v) is 1.68. The van der Waals surface area contributed by atoms with Gasteiger partial charge < -0.3 is 15.5 Å². The van der Waals surface area contributed by atoms with Crippen LogP contribution in [0.25, 0.3) is 0 Å². The fourth-order valence-electron chi connectivity index (χ4n) is 1.68. The highest BCUT2D eigenvalue weighted by Crippen LogP contribution is 2.19. The molecule has 2 unspecified atom stereocenters. The molecule has 3 nitrogen and oxygen atoms in total. The summed E-state index contributed by atoms with van der Waals surface area (Å²) in [5.74, 6) is 0. The quantitative estimate of drug-likeness (QED) is 0.692. The van der Waals surface area contributed by atoms with Crippen LogP contribution in [-0.2, 0) is 0 Å². The van der Waals surface area contributed by atoms with E-state index in [1.54, 1.807) is 6.08 Å². The third-order valence-electron chi connectivity index (χ3n) is 2.99. The Morgan fingerprint density at radius 2 is 2.00 bits per heavy atom. The van der Waals surface area contributed by atoms with Gasteiger partial charge in [-0.15, -0.1) is 0 Å². The Morgan fingerprint density at radius 1 is 1.29 bits per heavy atom. The van der Waals surface area contributed by atoms with E-state index in [4.69, 9.17) is 0 Å². The Hall–Kier alpha value is -0.900. The minimum absolute atomic E-state index is 0.00330. The van der Waals surface area contributed by atoms with Crippen LogP contribution >= 0.6 is 0 Å². The maximum Gasteiger partial charge on any atom is 0.0950 e. The lowest BCUT2D eigenvalue weighted by atomic mass is 9.87. The van der Waals surface area contributed by atoms with Gasteiger partial charge in [0, 0.05) is 12.6 Å².